The molecule has 1 aromatic carbocycles. The Balaban J connectivity index is 1.70. The van der Waals surface area contributed by atoms with Gasteiger partial charge in [0, 0.05) is 25.7 Å². The number of carbonyl (C=O) groups excluding carboxylic acids is 1. The Morgan fingerprint density at radius 3 is 2.55 bits per heavy atom. The summed E-state index contributed by atoms with van der Waals surface area (Å²) in [6.07, 6.45) is 6.07. The zero-order chi connectivity index (χ0) is 15.4. The third-order valence-electron chi connectivity index (χ3n) is 4.96. The maximum absolute atomic E-state index is 12.8. The van der Waals surface area contributed by atoms with E-state index in [-0.39, 0.29) is 12.1 Å². The largest absolute Gasteiger partial charge is 0.335 e. The van der Waals surface area contributed by atoms with E-state index in [0.717, 1.165) is 32.5 Å². The highest BCUT2D eigenvalue weighted by Gasteiger charge is 2.31. The van der Waals surface area contributed by atoms with E-state index < -0.39 is 0 Å². The molecule has 120 valence electrons. The van der Waals surface area contributed by atoms with Crippen molar-refractivity contribution in [2.24, 2.45) is 0 Å². The van der Waals surface area contributed by atoms with Gasteiger partial charge in [-0.25, -0.2) is 4.79 Å². The van der Waals surface area contributed by atoms with Crippen LogP contribution in [0, 0.1) is 0 Å². The Kier molecular flexibility index (Phi) is 4.98. The number of nitrogens with one attached hydrogen (secondary N) is 1. The number of benzene rings is 1. The topological polar surface area (TPSA) is 35.6 Å². The first-order chi connectivity index (χ1) is 10.7. The first-order valence-electron chi connectivity index (χ1n) is 8.54. The Morgan fingerprint density at radius 1 is 1.09 bits per heavy atom. The van der Waals surface area contributed by atoms with Crippen LogP contribution >= 0.6 is 0 Å². The van der Waals surface area contributed by atoms with Crippen LogP contribution < -0.4 is 5.32 Å². The molecule has 0 bridgehead atoms. The van der Waals surface area contributed by atoms with E-state index in [1.165, 1.54) is 24.8 Å². The quantitative estimate of drug-likeness (QED) is 0.911. The van der Waals surface area contributed by atoms with E-state index >= 15 is 0 Å². The summed E-state index contributed by atoms with van der Waals surface area (Å²) in [6, 6.07) is 11.1. The molecule has 1 aliphatic carbocycles. The average Bonchev–Trinajstić information content (AvgIpc) is 2.56. The van der Waals surface area contributed by atoms with E-state index in [2.05, 4.69) is 41.5 Å². The second-order valence-electron chi connectivity index (χ2n) is 6.67. The number of carbonyl (C=O) groups is 1. The smallest absolute Gasteiger partial charge is 0.318 e. The molecule has 1 aromatic rings. The van der Waals surface area contributed by atoms with Gasteiger partial charge < -0.3 is 15.1 Å². The number of urea groups is 1. The highest BCUT2D eigenvalue weighted by molar-refractivity contribution is 5.75. The lowest BCUT2D eigenvalue weighted by Crippen LogP contribution is -2.54. The molecule has 1 saturated carbocycles. The minimum Gasteiger partial charge on any atom is -0.335 e. The first kappa shape index (κ1) is 15.3. The fourth-order valence-electron chi connectivity index (χ4n) is 3.63. The average molecular weight is 301 g/mol. The molecule has 2 fully saturated rings. The molecular weight excluding hydrogens is 274 g/mol. The lowest BCUT2D eigenvalue weighted by Gasteiger charge is -2.41. The molecule has 2 aliphatic rings. The summed E-state index contributed by atoms with van der Waals surface area (Å²) < 4.78 is 0. The fraction of sp³-hybridized carbons (Fsp3) is 0.611. The third-order valence-corrected chi connectivity index (χ3v) is 4.96. The predicted octanol–water partition coefficient (Wildman–Crippen LogP) is 3.02. The molecule has 3 rings (SSSR count). The fourth-order valence-corrected chi connectivity index (χ4v) is 3.63. The Bertz CT molecular complexity index is 484. The van der Waals surface area contributed by atoms with Crippen LogP contribution in [0.3, 0.4) is 0 Å². The number of amides is 2. The molecule has 1 atom stereocenters. The van der Waals surface area contributed by atoms with Crippen molar-refractivity contribution >= 4 is 6.03 Å². The number of hydrogen-bond acceptors (Lipinski definition) is 2. The van der Waals surface area contributed by atoms with Gasteiger partial charge in [0.25, 0.3) is 0 Å². The van der Waals surface area contributed by atoms with Crippen molar-refractivity contribution in [1.82, 2.24) is 15.1 Å². The van der Waals surface area contributed by atoms with E-state index in [4.69, 9.17) is 0 Å². The summed E-state index contributed by atoms with van der Waals surface area (Å²) >= 11 is 0. The molecule has 1 saturated heterocycles. The van der Waals surface area contributed by atoms with Crippen LogP contribution in [-0.4, -0.2) is 48.6 Å². The van der Waals surface area contributed by atoms with Crippen molar-refractivity contribution in [3.05, 3.63) is 35.9 Å². The Labute approximate surface area is 133 Å². The molecule has 1 aliphatic heterocycles. The summed E-state index contributed by atoms with van der Waals surface area (Å²) in [5.41, 5.74) is 1.23. The van der Waals surface area contributed by atoms with E-state index in [1.807, 2.05) is 11.0 Å². The van der Waals surface area contributed by atoms with Crippen LogP contribution in [0.5, 0.6) is 0 Å². The molecule has 22 heavy (non-hydrogen) atoms. The van der Waals surface area contributed by atoms with Gasteiger partial charge >= 0.3 is 6.03 Å². The molecule has 0 spiro atoms. The molecule has 4 nitrogen and oxygen atoms in total. The lowest BCUT2D eigenvalue weighted by molar-refractivity contribution is 0.106. The Morgan fingerprint density at radius 2 is 1.82 bits per heavy atom. The molecule has 1 N–H and O–H groups in total. The van der Waals surface area contributed by atoms with Crippen LogP contribution in [-0.2, 0) is 0 Å². The van der Waals surface area contributed by atoms with E-state index in [0.29, 0.717) is 6.04 Å². The molecular formula is C18H27N3O. The van der Waals surface area contributed by atoms with Crippen LogP contribution in [0.2, 0.25) is 0 Å². The molecule has 2 amide bonds. The van der Waals surface area contributed by atoms with Crippen molar-refractivity contribution in [2.75, 3.05) is 26.7 Å². The Hall–Kier alpha value is -1.55. The zero-order valence-electron chi connectivity index (χ0n) is 13.5. The van der Waals surface area contributed by atoms with Crippen molar-refractivity contribution in [3.8, 4) is 0 Å². The van der Waals surface area contributed by atoms with E-state index in [1.54, 1.807) is 0 Å². The summed E-state index contributed by atoms with van der Waals surface area (Å²) in [5.74, 6) is 0. The van der Waals surface area contributed by atoms with Gasteiger partial charge in [-0.1, -0.05) is 49.6 Å². The second-order valence-corrected chi connectivity index (χ2v) is 6.67. The minimum absolute atomic E-state index is 0.119. The summed E-state index contributed by atoms with van der Waals surface area (Å²) in [5, 5.41) is 3.27. The van der Waals surface area contributed by atoms with Gasteiger partial charge in [0.05, 0.1) is 6.04 Å². The second kappa shape index (κ2) is 7.14. The van der Waals surface area contributed by atoms with Gasteiger partial charge in [-0.15, -0.1) is 0 Å². The van der Waals surface area contributed by atoms with Crippen LogP contribution in [0.15, 0.2) is 30.3 Å². The van der Waals surface area contributed by atoms with Gasteiger partial charge in [-0.3, -0.25) is 0 Å². The zero-order valence-corrected chi connectivity index (χ0v) is 13.5. The lowest BCUT2D eigenvalue weighted by atomic mass is 9.95. The van der Waals surface area contributed by atoms with Crippen molar-refractivity contribution < 1.29 is 4.79 Å². The van der Waals surface area contributed by atoms with Crippen molar-refractivity contribution in [1.29, 1.82) is 0 Å². The van der Waals surface area contributed by atoms with Crippen LogP contribution in [0.1, 0.15) is 43.7 Å². The number of hydrogen-bond donors (Lipinski definition) is 1. The van der Waals surface area contributed by atoms with Crippen LogP contribution in [0.4, 0.5) is 4.79 Å². The van der Waals surface area contributed by atoms with Gasteiger partial charge in [0.1, 0.15) is 0 Å². The normalized spacial score (nSPS) is 24.2. The maximum Gasteiger partial charge on any atom is 0.318 e. The highest BCUT2D eigenvalue weighted by atomic mass is 16.2. The maximum atomic E-state index is 12.8. The molecule has 4 heteroatoms. The number of likely N-dealkylation sites (N-methyl/N-ethyl adjacent to an activating group) is 1. The van der Waals surface area contributed by atoms with Crippen LogP contribution in [0.25, 0.3) is 0 Å². The van der Waals surface area contributed by atoms with E-state index in [9.17, 15) is 4.79 Å². The minimum atomic E-state index is 0.119. The number of nitrogens with zero attached hydrogens (tertiary/aromatic N) is 2. The van der Waals surface area contributed by atoms with Gasteiger partial charge in [-0.05, 0) is 25.5 Å². The molecule has 0 radical (unpaired) electrons. The molecule has 0 aromatic heterocycles. The summed E-state index contributed by atoms with van der Waals surface area (Å²) in [4.78, 5) is 17.1. The third kappa shape index (κ3) is 3.61. The highest BCUT2D eigenvalue weighted by Crippen LogP contribution is 2.25. The predicted molar refractivity (Wildman–Crippen MR) is 88.8 cm³/mol. The van der Waals surface area contributed by atoms with Gasteiger partial charge in [-0.2, -0.15) is 0 Å². The van der Waals surface area contributed by atoms with Gasteiger partial charge in [0.15, 0.2) is 0 Å². The van der Waals surface area contributed by atoms with Crippen molar-refractivity contribution in [2.45, 2.75) is 44.2 Å². The monoisotopic (exact) mass is 301 g/mol. The van der Waals surface area contributed by atoms with Gasteiger partial charge in [0.2, 0.25) is 0 Å². The summed E-state index contributed by atoms with van der Waals surface area (Å²) in [7, 11) is 2.13. The molecule has 0 unspecified atom stereocenters. The summed E-state index contributed by atoms with van der Waals surface area (Å²) in [6.45, 7) is 2.65. The SMILES string of the molecule is CN1CCN(C(=O)NC2CCCCC2)[C@H](c2ccccc2)C1. The molecule has 1 heterocycles. The first-order valence-corrected chi connectivity index (χ1v) is 8.54. The standard InChI is InChI=1S/C18H27N3O/c1-20-12-13-21(17(14-20)15-8-4-2-5-9-15)18(22)19-16-10-6-3-7-11-16/h2,4-5,8-9,16-17H,3,6-7,10-14H2,1H3,(H,19,22)/t17-/m0/s1. The van der Waals surface area contributed by atoms with Crippen molar-refractivity contribution in [3.63, 3.8) is 0 Å². The number of rotatable bonds is 2. The number of piperazine rings is 1.